The van der Waals surface area contributed by atoms with Crippen molar-refractivity contribution >= 4 is 17.3 Å². The number of para-hydroxylation sites is 1. The summed E-state index contributed by atoms with van der Waals surface area (Å²) in [5.41, 5.74) is 11.9. The predicted octanol–water partition coefficient (Wildman–Crippen LogP) is 6.48. The Bertz CT molecular complexity index is 1400. The number of ether oxygens (including phenoxy) is 1. The fourth-order valence-corrected chi connectivity index (χ4v) is 5.71. The Morgan fingerprint density at radius 3 is 2.59 bits per heavy atom. The van der Waals surface area contributed by atoms with Crippen LogP contribution in [-0.2, 0) is 17.9 Å². The van der Waals surface area contributed by atoms with E-state index in [0.29, 0.717) is 31.1 Å². The fraction of sp³-hybridized carbons (Fsp3) is 0.406. The van der Waals surface area contributed by atoms with Gasteiger partial charge in [-0.1, -0.05) is 36.4 Å². The largest absolute Gasteiger partial charge is 0.483 e. The summed E-state index contributed by atoms with van der Waals surface area (Å²) in [6, 6.07) is 15.1. The second-order valence-corrected chi connectivity index (χ2v) is 11.9. The molecule has 0 fully saturated rings. The summed E-state index contributed by atoms with van der Waals surface area (Å²) in [6.07, 6.45) is 0. The quantitative estimate of drug-likeness (QED) is 0.301. The number of carbonyl (C=O) groups is 1. The normalized spacial score (nSPS) is 16.1. The van der Waals surface area contributed by atoms with Crippen LogP contribution in [0, 0.1) is 25.1 Å². The summed E-state index contributed by atoms with van der Waals surface area (Å²) in [5.74, 6) is -1.34. The molecular formula is C32H40FN3O3. The van der Waals surface area contributed by atoms with Gasteiger partial charge in [-0.05, 0) is 81.5 Å². The van der Waals surface area contributed by atoms with Crippen molar-refractivity contribution in [1.29, 1.82) is 0 Å². The summed E-state index contributed by atoms with van der Waals surface area (Å²) < 4.78 is 20.7. The highest BCUT2D eigenvalue weighted by Gasteiger charge is 2.40. The van der Waals surface area contributed by atoms with E-state index >= 15 is 0 Å². The number of aryl methyl sites for hydroxylation is 1. The first-order valence-electron chi connectivity index (χ1n) is 13.3. The zero-order valence-corrected chi connectivity index (χ0v) is 24.0. The van der Waals surface area contributed by atoms with Crippen LogP contribution in [0.15, 0.2) is 48.5 Å². The Labute approximate surface area is 231 Å². The monoisotopic (exact) mass is 533 g/mol. The highest BCUT2D eigenvalue weighted by Crippen LogP contribution is 2.45. The SMILES string of the molecule is CNc1ccc(C(c2ccc(C)c(CN3Cc4cccc(F)c4OC(C)(C)C3)c2)C(C)(C)C(=O)O)c(C)c1N. The van der Waals surface area contributed by atoms with E-state index in [9.17, 15) is 14.3 Å². The number of hydrogen-bond donors (Lipinski definition) is 3. The fourth-order valence-electron chi connectivity index (χ4n) is 5.71. The molecule has 0 bridgehead atoms. The number of anilines is 2. The van der Waals surface area contributed by atoms with Gasteiger partial charge < -0.3 is 20.9 Å². The van der Waals surface area contributed by atoms with Crippen molar-refractivity contribution in [2.24, 2.45) is 5.41 Å². The van der Waals surface area contributed by atoms with Crippen LogP contribution in [0.25, 0.3) is 0 Å². The maximum absolute atomic E-state index is 14.6. The Morgan fingerprint density at radius 1 is 1.21 bits per heavy atom. The number of nitrogens with one attached hydrogen (secondary N) is 1. The lowest BCUT2D eigenvalue weighted by atomic mass is 9.69. The van der Waals surface area contributed by atoms with Crippen molar-refractivity contribution in [1.82, 2.24) is 4.90 Å². The molecule has 4 N–H and O–H groups in total. The third-order valence-electron chi connectivity index (χ3n) is 7.94. The minimum atomic E-state index is -1.10. The van der Waals surface area contributed by atoms with Gasteiger partial charge in [0.2, 0.25) is 0 Å². The second-order valence-electron chi connectivity index (χ2n) is 11.9. The second kappa shape index (κ2) is 10.5. The average molecular weight is 534 g/mol. The van der Waals surface area contributed by atoms with Crippen LogP contribution in [0.5, 0.6) is 5.75 Å². The van der Waals surface area contributed by atoms with Crippen LogP contribution < -0.4 is 15.8 Å². The number of nitrogen functional groups attached to an aromatic ring is 1. The van der Waals surface area contributed by atoms with Crippen molar-refractivity contribution in [3.63, 3.8) is 0 Å². The minimum Gasteiger partial charge on any atom is -0.483 e. The first kappa shape index (κ1) is 28.4. The number of nitrogens with zero attached hydrogens (tertiary/aromatic N) is 1. The Balaban J connectivity index is 1.78. The number of carboxylic acids is 1. The number of benzene rings is 3. The predicted molar refractivity (Wildman–Crippen MR) is 155 cm³/mol. The smallest absolute Gasteiger partial charge is 0.310 e. The van der Waals surface area contributed by atoms with Crippen molar-refractivity contribution in [3.05, 3.63) is 87.7 Å². The van der Waals surface area contributed by atoms with Crippen molar-refractivity contribution < 1.29 is 19.0 Å². The van der Waals surface area contributed by atoms with Gasteiger partial charge in [0.25, 0.3) is 0 Å². The molecule has 7 heteroatoms. The molecule has 0 aromatic heterocycles. The van der Waals surface area contributed by atoms with Crippen molar-refractivity contribution in [2.45, 2.75) is 66.2 Å². The van der Waals surface area contributed by atoms with E-state index in [-0.39, 0.29) is 5.82 Å². The first-order chi connectivity index (χ1) is 18.2. The van der Waals surface area contributed by atoms with Crippen LogP contribution in [0.2, 0.25) is 0 Å². The molecular weight excluding hydrogens is 493 g/mol. The number of hydrogen-bond acceptors (Lipinski definition) is 5. The van der Waals surface area contributed by atoms with E-state index in [1.807, 2.05) is 52.1 Å². The van der Waals surface area contributed by atoms with Gasteiger partial charge in [-0.2, -0.15) is 0 Å². The molecule has 1 atom stereocenters. The van der Waals surface area contributed by atoms with E-state index in [2.05, 4.69) is 29.3 Å². The molecule has 1 aliphatic heterocycles. The van der Waals surface area contributed by atoms with Gasteiger partial charge in [0.15, 0.2) is 11.6 Å². The van der Waals surface area contributed by atoms with Gasteiger partial charge in [-0.3, -0.25) is 9.69 Å². The highest BCUT2D eigenvalue weighted by atomic mass is 19.1. The molecule has 39 heavy (non-hydrogen) atoms. The lowest BCUT2D eigenvalue weighted by molar-refractivity contribution is -0.147. The van der Waals surface area contributed by atoms with Gasteiger partial charge in [0, 0.05) is 38.2 Å². The molecule has 1 unspecified atom stereocenters. The number of carboxylic acid groups (broad SMARTS) is 1. The van der Waals surface area contributed by atoms with Crippen LogP contribution >= 0.6 is 0 Å². The van der Waals surface area contributed by atoms with Gasteiger partial charge in [-0.25, -0.2) is 4.39 Å². The summed E-state index contributed by atoms with van der Waals surface area (Å²) in [6.45, 7) is 13.2. The lowest BCUT2D eigenvalue weighted by Crippen LogP contribution is -2.40. The lowest BCUT2D eigenvalue weighted by Gasteiger charge is -2.34. The van der Waals surface area contributed by atoms with Crippen LogP contribution in [0.4, 0.5) is 15.8 Å². The molecule has 1 heterocycles. The number of aliphatic carboxylic acids is 1. The molecule has 0 spiro atoms. The average Bonchev–Trinajstić information content (AvgIpc) is 2.99. The third-order valence-corrected chi connectivity index (χ3v) is 7.94. The zero-order valence-electron chi connectivity index (χ0n) is 24.0. The molecule has 3 aromatic rings. The van der Waals surface area contributed by atoms with Gasteiger partial charge >= 0.3 is 5.97 Å². The van der Waals surface area contributed by atoms with Crippen LogP contribution in [0.1, 0.15) is 67.0 Å². The standard InChI is InChI=1S/C32H40FN3O3/c1-19-11-12-21(27(32(5,6)30(37)38)24-13-14-26(35-7)28(34)20(24)2)15-23(19)17-36-16-22-9-8-10-25(33)29(22)39-31(3,4)18-36/h8-15,27,35H,16-18,34H2,1-7H3,(H,37,38). The Hall–Kier alpha value is -3.58. The molecule has 6 nitrogen and oxygen atoms in total. The molecule has 4 rings (SSSR count). The molecule has 1 aliphatic rings. The van der Waals surface area contributed by atoms with Crippen molar-refractivity contribution in [2.75, 3.05) is 24.6 Å². The number of rotatable bonds is 7. The van der Waals surface area contributed by atoms with Gasteiger partial charge in [-0.15, -0.1) is 0 Å². The number of halogens is 1. The summed E-state index contributed by atoms with van der Waals surface area (Å²) in [7, 11) is 1.82. The zero-order chi connectivity index (χ0) is 28.7. The summed E-state index contributed by atoms with van der Waals surface area (Å²) >= 11 is 0. The number of nitrogens with two attached hydrogens (primary N) is 1. The minimum absolute atomic E-state index is 0.317. The topological polar surface area (TPSA) is 87.8 Å². The molecule has 0 saturated heterocycles. The summed E-state index contributed by atoms with van der Waals surface area (Å²) in [5, 5.41) is 13.4. The Kier molecular flexibility index (Phi) is 7.68. The summed E-state index contributed by atoms with van der Waals surface area (Å²) in [4.78, 5) is 14.8. The van der Waals surface area contributed by atoms with E-state index in [1.165, 1.54) is 6.07 Å². The van der Waals surface area contributed by atoms with E-state index in [4.69, 9.17) is 10.5 Å². The molecule has 208 valence electrons. The van der Waals surface area contributed by atoms with Gasteiger partial charge in [0.1, 0.15) is 5.60 Å². The Morgan fingerprint density at radius 2 is 1.92 bits per heavy atom. The molecule has 0 saturated carbocycles. The molecule has 0 radical (unpaired) electrons. The third kappa shape index (κ3) is 5.59. The van der Waals surface area contributed by atoms with Crippen LogP contribution in [0.3, 0.4) is 0 Å². The maximum atomic E-state index is 14.6. The van der Waals surface area contributed by atoms with Crippen molar-refractivity contribution in [3.8, 4) is 5.75 Å². The molecule has 0 amide bonds. The van der Waals surface area contributed by atoms with E-state index in [1.54, 1.807) is 19.9 Å². The highest BCUT2D eigenvalue weighted by molar-refractivity contribution is 5.78. The van der Waals surface area contributed by atoms with E-state index in [0.717, 1.165) is 39.1 Å². The molecule has 3 aromatic carbocycles. The first-order valence-corrected chi connectivity index (χ1v) is 13.3. The van der Waals surface area contributed by atoms with E-state index < -0.39 is 22.9 Å². The van der Waals surface area contributed by atoms with Gasteiger partial charge in [0.05, 0.1) is 16.8 Å². The molecule has 0 aliphatic carbocycles. The number of fused-ring (bicyclic) bond motifs is 1. The maximum Gasteiger partial charge on any atom is 0.310 e. The van der Waals surface area contributed by atoms with Crippen LogP contribution in [-0.4, -0.2) is 35.2 Å².